The van der Waals surface area contributed by atoms with Gasteiger partial charge in [0.05, 0.1) is 12.0 Å². The summed E-state index contributed by atoms with van der Waals surface area (Å²) in [5.74, 6) is -1.06. The van der Waals surface area contributed by atoms with E-state index in [0.29, 0.717) is 30.7 Å². The van der Waals surface area contributed by atoms with E-state index < -0.39 is 34.9 Å². The first-order chi connectivity index (χ1) is 16.3. The number of methoxy groups -OCH3 is 1. The van der Waals surface area contributed by atoms with Crippen molar-refractivity contribution in [2.24, 2.45) is 5.73 Å². The minimum Gasteiger partial charge on any atom is -0.496 e. The third-order valence-electron chi connectivity index (χ3n) is 5.55. The van der Waals surface area contributed by atoms with Crippen molar-refractivity contribution in [3.05, 3.63) is 69.8 Å². The van der Waals surface area contributed by atoms with Crippen molar-refractivity contribution in [3.63, 3.8) is 0 Å². The summed E-state index contributed by atoms with van der Waals surface area (Å²) in [5.41, 5.74) is 6.46. The molecule has 11 heteroatoms. The predicted octanol–water partition coefficient (Wildman–Crippen LogP) is 1.92. The zero-order valence-electron chi connectivity index (χ0n) is 18.6. The fourth-order valence-electron chi connectivity index (χ4n) is 3.81. The number of ether oxygens (including phenoxy) is 2. The van der Waals surface area contributed by atoms with Crippen molar-refractivity contribution in [1.29, 1.82) is 0 Å². The molecule has 180 valence electrons. The number of rotatable bonds is 9. The molecule has 0 spiro atoms. The molecule has 0 bridgehead atoms. The van der Waals surface area contributed by atoms with E-state index in [1.165, 1.54) is 30.2 Å². The highest BCUT2D eigenvalue weighted by Gasteiger charge is 2.36. The van der Waals surface area contributed by atoms with Crippen LogP contribution in [0.4, 0.5) is 10.5 Å². The van der Waals surface area contributed by atoms with E-state index in [2.05, 4.69) is 5.32 Å². The smallest absolute Gasteiger partial charge is 0.410 e. The Morgan fingerprint density at radius 2 is 1.97 bits per heavy atom. The first-order valence-electron chi connectivity index (χ1n) is 10.7. The monoisotopic (exact) mass is 470 g/mol. The fraction of sp³-hybridized carbons (Fsp3) is 0.348. The zero-order chi connectivity index (χ0) is 24.7. The lowest BCUT2D eigenvalue weighted by atomic mass is 10.0. The van der Waals surface area contributed by atoms with Gasteiger partial charge < -0.3 is 20.5 Å². The molecule has 2 aromatic rings. The molecule has 3 rings (SSSR count). The highest BCUT2D eigenvalue weighted by molar-refractivity contribution is 5.91. The fourth-order valence-corrected chi connectivity index (χ4v) is 3.81. The summed E-state index contributed by atoms with van der Waals surface area (Å²) < 4.78 is 10.6. The van der Waals surface area contributed by atoms with Crippen LogP contribution in [0.5, 0.6) is 5.75 Å². The van der Waals surface area contributed by atoms with Gasteiger partial charge in [-0.25, -0.2) is 4.79 Å². The molecule has 3 N–H and O–H groups in total. The molecule has 1 aliphatic rings. The molecule has 1 heterocycles. The van der Waals surface area contributed by atoms with Gasteiger partial charge in [-0.2, -0.15) is 0 Å². The summed E-state index contributed by atoms with van der Waals surface area (Å²) in [6.07, 6.45) is 0.255. The average molecular weight is 470 g/mol. The molecule has 0 aliphatic carbocycles. The highest BCUT2D eigenvalue weighted by Crippen LogP contribution is 2.26. The third-order valence-corrected chi connectivity index (χ3v) is 5.55. The van der Waals surface area contributed by atoms with Crippen LogP contribution in [0.2, 0.25) is 0 Å². The minimum atomic E-state index is -1.16. The van der Waals surface area contributed by atoms with Crippen LogP contribution in [0.1, 0.15) is 24.0 Å². The lowest BCUT2D eigenvalue weighted by Crippen LogP contribution is -2.53. The Hall–Kier alpha value is -4.15. The lowest BCUT2D eigenvalue weighted by molar-refractivity contribution is -0.384. The number of amides is 3. The molecule has 1 saturated heterocycles. The summed E-state index contributed by atoms with van der Waals surface area (Å²) in [5, 5.41) is 13.7. The van der Waals surface area contributed by atoms with E-state index in [-0.39, 0.29) is 18.7 Å². The van der Waals surface area contributed by atoms with Crippen molar-refractivity contribution in [3.8, 4) is 5.75 Å². The topological polar surface area (TPSA) is 154 Å². The maximum absolute atomic E-state index is 13.0. The standard InChI is InChI=1S/C23H26N4O7/c1-33-20-10-9-17(27(31)32)12-16(20)13-18(21(24)28)25-22(29)19-8-5-11-26(19)23(30)34-14-15-6-3-2-4-7-15/h2-4,6-7,9-10,12,18-19H,5,8,11,13-14H2,1H3,(H2,24,28)(H,25,29)/t18-,19+/m0/s1. The van der Waals surface area contributed by atoms with Crippen LogP contribution < -0.4 is 15.8 Å². The summed E-state index contributed by atoms with van der Waals surface area (Å²) in [4.78, 5) is 49.5. The molecule has 0 unspecified atom stereocenters. The minimum absolute atomic E-state index is 0.0704. The Bertz CT molecular complexity index is 1060. The molecule has 0 aromatic heterocycles. The number of primary amides is 1. The average Bonchev–Trinajstić information content (AvgIpc) is 3.33. The van der Waals surface area contributed by atoms with Gasteiger partial charge in [0.1, 0.15) is 24.4 Å². The van der Waals surface area contributed by atoms with Gasteiger partial charge >= 0.3 is 6.09 Å². The van der Waals surface area contributed by atoms with Gasteiger partial charge in [-0.3, -0.25) is 24.6 Å². The third kappa shape index (κ3) is 6.00. The number of nitrogens with two attached hydrogens (primary N) is 1. The number of carbonyl (C=O) groups is 3. The predicted molar refractivity (Wildman–Crippen MR) is 121 cm³/mol. The second-order valence-corrected chi connectivity index (χ2v) is 7.81. The SMILES string of the molecule is COc1ccc([N+](=O)[O-])cc1C[C@H](NC(=O)[C@H]1CCCN1C(=O)OCc1ccccc1)C(N)=O. The van der Waals surface area contributed by atoms with Crippen LogP contribution in [0.3, 0.4) is 0 Å². The van der Waals surface area contributed by atoms with Crippen LogP contribution in [-0.2, 0) is 27.4 Å². The van der Waals surface area contributed by atoms with E-state index in [1.807, 2.05) is 30.3 Å². The summed E-state index contributed by atoms with van der Waals surface area (Å²) in [6.45, 7) is 0.409. The van der Waals surface area contributed by atoms with E-state index in [4.69, 9.17) is 15.2 Å². The Kier molecular flexibility index (Phi) is 8.01. The quantitative estimate of drug-likeness (QED) is 0.419. The Morgan fingerprint density at radius 1 is 1.24 bits per heavy atom. The van der Waals surface area contributed by atoms with Gasteiger partial charge in [0, 0.05) is 30.7 Å². The zero-order valence-corrected chi connectivity index (χ0v) is 18.6. The van der Waals surface area contributed by atoms with Crippen molar-refractivity contribution in [2.45, 2.75) is 38.0 Å². The number of carbonyl (C=O) groups excluding carboxylic acids is 3. The number of nitro benzene ring substituents is 1. The van der Waals surface area contributed by atoms with Crippen molar-refractivity contribution in [2.75, 3.05) is 13.7 Å². The van der Waals surface area contributed by atoms with E-state index >= 15 is 0 Å². The Labute approximate surface area is 196 Å². The van der Waals surface area contributed by atoms with Crippen LogP contribution in [0.15, 0.2) is 48.5 Å². The summed E-state index contributed by atoms with van der Waals surface area (Å²) in [6, 6.07) is 11.1. The second kappa shape index (κ2) is 11.1. The molecule has 3 amide bonds. The van der Waals surface area contributed by atoms with Crippen LogP contribution >= 0.6 is 0 Å². The van der Waals surface area contributed by atoms with E-state index in [0.717, 1.165) is 5.56 Å². The maximum Gasteiger partial charge on any atom is 0.410 e. The molecule has 1 aliphatic heterocycles. The molecular weight excluding hydrogens is 444 g/mol. The van der Waals surface area contributed by atoms with Crippen LogP contribution in [0.25, 0.3) is 0 Å². The van der Waals surface area contributed by atoms with Gasteiger partial charge in [0.25, 0.3) is 5.69 Å². The van der Waals surface area contributed by atoms with E-state index in [9.17, 15) is 24.5 Å². The Balaban J connectivity index is 1.68. The number of nitrogens with zero attached hydrogens (tertiary/aromatic N) is 2. The molecule has 2 atom stereocenters. The van der Waals surface area contributed by atoms with Crippen LogP contribution in [0, 0.1) is 10.1 Å². The van der Waals surface area contributed by atoms with Crippen LogP contribution in [-0.4, -0.2) is 53.5 Å². The van der Waals surface area contributed by atoms with Gasteiger partial charge in [0.2, 0.25) is 11.8 Å². The molecule has 1 fully saturated rings. The van der Waals surface area contributed by atoms with E-state index in [1.54, 1.807) is 0 Å². The number of benzene rings is 2. The maximum atomic E-state index is 13.0. The lowest BCUT2D eigenvalue weighted by Gasteiger charge is -2.25. The van der Waals surface area contributed by atoms with Crippen molar-refractivity contribution in [1.82, 2.24) is 10.2 Å². The first-order valence-corrected chi connectivity index (χ1v) is 10.7. The number of hydrogen-bond donors (Lipinski definition) is 2. The number of hydrogen-bond acceptors (Lipinski definition) is 7. The first kappa shape index (κ1) is 24.5. The largest absolute Gasteiger partial charge is 0.496 e. The molecule has 11 nitrogen and oxygen atoms in total. The summed E-state index contributed by atoms with van der Waals surface area (Å²) >= 11 is 0. The van der Waals surface area contributed by atoms with Crippen molar-refractivity contribution < 1.29 is 28.8 Å². The number of likely N-dealkylation sites (tertiary alicyclic amines) is 1. The number of nitro groups is 1. The Morgan fingerprint density at radius 3 is 2.62 bits per heavy atom. The van der Waals surface area contributed by atoms with Gasteiger partial charge in [0.15, 0.2) is 0 Å². The second-order valence-electron chi connectivity index (χ2n) is 7.81. The molecule has 0 saturated carbocycles. The number of nitrogens with one attached hydrogen (secondary N) is 1. The molecule has 2 aromatic carbocycles. The molecule has 34 heavy (non-hydrogen) atoms. The molecule has 0 radical (unpaired) electrons. The normalized spacial score (nSPS) is 15.9. The van der Waals surface area contributed by atoms with Crippen molar-refractivity contribution >= 4 is 23.6 Å². The number of non-ortho nitro benzene ring substituents is 1. The summed E-state index contributed by atoms with van der Waals surface area (Å²) in [7, 11) is 1.39. The van der Waals surface area contributed by atoms with Gasteiger partial charge in [-0.05, 0) is 24.5 Å². The molecular formula is C23H26N4O7. The van der Waals surface area contributed by atoms with Gasteiger partial charge in [-0.1, -0.05) is 30.3 Å². The van der Waals surface area contributed by atoms with Gasteiger partial charge in [-0.15, -0.1) is 0 Å². The highest BCUT2D eigenvalue weighted by atomic mass is 16.6.